The summed E-state index contributed by atoms with van der Waals surface area (Å²) in [5.41, 5.74) is -0.451. The van der Waals surface area contributed by atoms with Crippen molar-refractivity contribution in [3.63, 3.8) is 0 Å². The zero-order valence-corrected chi connectivity index (χ0v) is 16.7. The van der Waals surface area contributed by atoms with Crippen LogP contribution in [0.3, 0.4) is 0 Å². The van der Waals surface area contributed by atoms with E-state index in [1.54, 1.807) is 12.1 Å². The van der Waals surface area contributed by atoms with Crippen molar-refractivity contribution >= 4 is 11.7 Å². The molecule has 0 saturated carbocycles. The molecule has 30 heavy (non-hydrogen) atoms. The van der Waals surface area contributed by atoms with E-state index >= 15 is 0 Å². The number of methoxy groups -OCH3 is 3. The molecule has 162 valence electrons. The van der Waals surface area contributed by atoms with Gasteiger partial charge in [-0.2, -0.15) is 13.2 Å². The van der Waals surface area contributed by atoms with E-state index in [4.69, 9.17) is 14.2 Å². The van der Waals surface area contributed by atoms with Crippen molar-refractivity contribution in [2.75, 3.05) is 39.3 Å². The summed E-state index contributed by atoms with van der Waals surface area (Å²) in [6.07, 6.45) is -2.97. The summed E-state index contributed by atoms with van der Waals surface area (Å²) >= 11 is 0. The number of pyridine rings is 1. The van der Waals surface area contributed by atoms with E-state index in [9.17, 15) is 18.0 Å². The molecule has 10 heteroatoms. The molecule has 1 saturated heterocycles. The Morgan fingerprint density at radius 3 is 2.30 bits per heavy atom. The van der Waals surface area contributed by atoms with Crippen LogP contribution in [0.25, 0.3) is 0 Å². The Hall–Kier alpha value is -3.17. The van der Waals surface area contributed by atoms with Crippen molar-refractivity contribution in [1.29, 1.82) is 0 Å². The lowest BCUT2D eigenvalue weighted by molar-refractivity contribution is -0.137. The molecule has 1 atom stereocenters. The van der Waals surface area contributed by atoms with Gasteiger partial charge in [-0.15, -0.1) is 0 Å². The number of halogens is 3. The third kappa shape index (κ3) is 4.52. The molecule has 0 radical (unpaired) electrons. The number of carbonyl (C=O) groups is 1. The maximum atomic E-state index is 12.7. The second kappa shape index (κ2) is 8.68. The minimum Gasteiger partial charge on any atom is -0.493 e. The normalized spacial score (nSPS) is 16.3. The van der Waals surface area contributed by atoms with Crippen LogP contribution in [0, 0.1) is 0 Å². The van der Waals surface area contributed by atoms with E-state index in [0.29, 0.717) is 48.1 Å². The number of amides is 1. The zero-order chi connectivity index (χ0) is 21.9. The number of nitrogens with one attached hydrogen (secondary N) is 1. The van der Waals surface area contributed by atoms with Crippen LogP contribution in [-0.4, -0.2) is 51.4 Å². The number of nitrogens with zero attached hydrogens (tertiary/aromatic N) is 2. The molecule has 1 aliphatic heterocycles. The molecule has 1 aromatic carbocycles. The molecular weight excluding hydrogens is 403 g/mol. The molecule has 1 amide bonds. The van der Waals surface area contributed by atoms with Crippen molar-refractivity contribution in [2.45, 2.75) is 18.6 Å². The van der Waals surface area contributed by atoms with Crippen molar-refractivity contribution < 1.29 is 32.2 Å². The van der Waals surface area contributed by atoms with E-state index < -0.39 is 11.7 Å². The van der Waals surface area contributed by atoms with Gasteiger partial charge in [0.2, 0.25) is 5.75 Å². The molecule has 0 bridgehead atoms. The Labute approximate surface area is 171 Å². The molecule has 3 rings (SSSR count). The number of benzene rings is 1. The predicted molar refractivity (Wildman–Crippen MR) is 103 cm³/mol. The molecular formula is C20H22F3N3O4. The summed E-state index contributed by atoms with van der Waals surface area (Å²) < 4.78 is 53.9. The van der Waals surface area contributed by atoms with Gasteiger partial charge in [-0.25, -0.2) is 4.98 Å². The van der Waals surface area contributed by atoms with Gasteiger partial charge in [-0.05, 0) is 30.7 Å². The molecule has 1 aliphatic rings. The van der Waals surface area contributed by atoms with Crippen LogP contribution in [-0.2, 0) is 6.18 Å². The fourth-order valence-electron chi connectivity index (χ4n) is 3.31. The van der Waals surface area contributed by atoms with Gasteiger partial charge < -0.3 is 24.4 Å². The molecule has 1 fully saturated rings. The Bertz CT molecular complexity index is 878. The van der Waals surface area contributed by atoms with Gasteiger partial charge in [-0.1, -0.05) is 0 Å². The lowest BCUT2D eigenvalue weighted by Crippen LogP contribution is -2.37. The smallest absolute Gasteiger partial charge is 0.417 e. The highest BCUT2D eigenvalue weighted by atomic mass is 19.4. The fourth-order valence-corrected chi connectivity index (χ4v) is 3.31. The number of hydrogen-bond donors (Lipinski definition) is 1. The standard InChI is InChI=1S/C20H22F3N3O4/c1-28-15-8-12(9-16(29-2)18(15)30-3)19(27)25-14-6-7-26(11-14)17-5-4-13(10-24-17)20(21,22)23/h4-5,8-10,14H,6-7,11H2,1-3H3,(H,25,27)/t14-/m1/s1. The molecule has 1 N–H and O–H groups in total. The summed E-state index contributed by atoms with van der Waals surface area (Å²) in [5.74, 6) is 1.24. The highest BCUT2D eigenvalue weighted by Gasteiger charge is 2.31. The largest absolute Gasteiger partial charge is 0.493 e. The SMILES string of the molecule is COc1cc(C(=O)N[C@@H]2CCN(c3ccc(C(F)(F)F)cn3)C2)cc(OC)c1OC. The molecule has 0 aliphatic carbocycles. The first-order chi connectivity index (χ1) is 14.3. The topological polar surface area (TPSA) is 72.9 Å². The van der Waals surface area contributed by atoms with Crippen LogP contribution in [0.5, 0.6) is 17.2 Å². The van der Waals surface area contributed by atoms with Crippen LogP contribution in [0.1, 0.15) is 22.3 Å². The quantitative estimate of drug-likeness (QED) is 0.767. The summed E-state index contributed by atoms with van der Waals surface area (Å²) in [4.78, 5) is 18.5. The Morgan fingerprint density at radius 1 is 1.13 bits per heavy atom. The average Bonchev–Trinajstić information content (AvgIpc) is 3.20. The minimum atomic E-state index is -4.42. The highest BCUT2D eigenvalue weighted by molar-refractivity contribution is 5.96. The average molecular weight is 425 g/mol. The van der Waals surface area contributed by atoms with E-state index in [-0.39, 0.29) is 11.9 Å². The summed E-state index contributed by atoms with van der Waals surface area (Å²) in [6.45, 7) is 1.01. The second-order valence-corrected chi connectivity index (χ2v) is 6.72. The van der Waals surface area contributed by atoms with Crippen LogP contribution in [0.2, 0.25) is 0 Å². The molecule has 1 aromatic heterocycles. The van der Waals surface area contributed by atoms with Gasteiger partial charge in [0.1, 0.15) is 5.82 Å². The predicted octanol–water partition coefficient (Wildman–Crippen LogP) is 3.13. The Morgan fingerprint density at radius 2 is 1.80 bits per heavy atom. The summed E-state index contributed by atoms with van der Waals surface area (Å²) in [6, 6.07) is 5.28. The summed E-state index contributed by atoms with van der Waals surface area (Å²) in [7, 11) is 4.40. The van der Waals surface area contributed by atoms with Crippen LogP contribution in [0.15, 0.2) is 30.5 Å². The lowest BCUT2D eigenvalue weighted by atomic mass is 10.1. The van der Waals surface area contributed by atoms with E-state index in [1.165, 1.54) is 27.4 Å². The van der Waals surface area contributed by atoms with Gasteiger partial charge >= 0.3 is 6.18 Å². The molecule has 0 unspecified atom stereocenters. The third-order valence-electron chi connectivity index (χ3n) is 4.85. The number of ether oxygens (including phenoxy) is 3. The van der Waals surface area contributed by atoms with Crippen LogP contribution >= 0.6 is 0 Å². The number of hydrogen-bond acceptors (Lipinski definition) is 6. The van der Waals surface area contributed by atoms with E-state index in [1.807, 2.05) is 4.90 Å². The van der Waals surface area contributed by atoms with Crippen molar-refractivity contribution in [3.05, 3.63) is 41.6 Å². The zero-order valence-electron chi connectivity index (χ0n) is 16.7. The van der Waals surface area contributed by atoms with E-state index in [0.717, 1.165) is 12.3 Å². The second-order valence-electron chi connectivity index (χ2n) is 6.72. The van der Waals surface area contributed by atoms with Crippen molar-refractivity contribution in [1.82, 2.24) is 10.3 Å². The highest BCUT2D eigenvalue weighted by Crippen LogP contribution is 2.38. The summed E-state index contributed by atoms with van der Waals surface area (Å²) in [5, 5.41) is 2.93. The monoisotopic (exact) mass is 425 g/mol. The van der Waals surface area contributed by atoms with Gasteiger partial charge in [0, 0.05) is 30.9 Å². The third-order valence-corrected chi connectivity index (χ3v) is 4.85. The van der Waals surface area contributed by atoms with Crippen molar-refractivity contribution in [2.24, 2.45) is 0 Å². The first-order valence-electron chi connectivity index (χ1n) is 9.16. The first kappa shape index (κ1) is 21.5. The van der Waals surface area contributed by atoms with Gasteiger partial charge in [0.05, 0.1) is 26.9 Å². The molecule has 2 heterocycles. The van der Waals surface area contributed by atoms with Crippen LogP contribution in [0.4, 0.5) is 19.0 Å². The van der Waals surface area contributed by atoms with E-state index in [2.05, 4.69) is 10.3 Å². The molecule has 7 nitrogen and oxygen atoms in total. The number of rotatable bonds is 6. The van der Waals surface area contributed by atoms with Crippen molar-refractivity contribution in [3.8, 4) is 17.2 Å². The number of carbonyl (C=O) groups excluding carboxylic acids is 1. The van der Waals surface area contributed by atoms with Gasteiger partial charge in [-0.3, -0.25) is 4.79 Å². The molecule has 2 aromatic rings. The van der Waals surface area contributed by atoms with Gasteiger partial charge in [0.25, 0.3) is 5.91 Å². The maximum Gasteiger partial charge on any atom is 0.417 e. The number of aromatic nitrogens is 1. The fraction of sp³-hybridized carbons (Fsp3) is 0.400. The maximum absolute atomic E-state index is 12.7. The van der Waals surface area contributed by atoms with Gasteiger partial charge in [0.15, 0.2) is 11.5 Å². The number of anilines is 1. The lowest BCUT2D eigenvalue weighted by Gasteiger charge is -2.19. The Kier molecular flexibility index (Phi) is 6.23. The van der Waals surface area contributed by atoms with Crippen LogP contribution < -0.4 is 24.4 Å². The molecule has 0 spiro atoms. The first-order valence-corrected chi connectivity index (χ1v) is 9.16. The minimum absolute atomic E-state index is 0.180. The number of alkyl halides is 3. The Balaban J connectivity index is 1.67.